The van der Waals surface area contributed by atoms with Gasteiger partial charge in [0.15, 0.2) is 5.82 Å². The molecule has 150 valence electrons. The summed E-state index contributed by atoms with van der Waals surface area (Å²) in [4.78, 5) is 29.1. The third-order valence-electron chi connectivity index (χ3n) is 4.38. The molecule has 0 aliphatic carbocycles. The van der Waals surface area contributed by atoms with Gasteiger partial charge >= 0.3 is 0 Å². The van der Waals surface area contributed by atoms with Crippen LogP contribution >= 0.6 is 11.8 Å². The molecule has 0 aliphatic heterocycles. The van der Waals surface area contributed by atoms with E-state index in [0.29, 0.717) is 22.8 Å². The second-order valence-electron chi connectivity index (χ2n) is 6.46. The van der Waals surface area contributed by atoms with E-state index in [1.165, 1.54) is 16.9 Å². The van der Waals surface area contributed by atoms with E-state index in [1.54, 1.807) is 30.9 Å². The van der Waals surface area contributed by atoms with Gasteiger partial charge in [-0.25, -0.2) is 9.78 Å². The number of nitrogens with zero attached hydrogens (tertiary/aromatic N) is 4. The summed E-state index contributed by atoms with van der Waals surface area (Å²) in [6.07, 6.45) is 5.09. The van der Waals surface area contributed by atoms with Crippen LogP contribution in [0.2, 0.25) is 0 Å². The number of hydrogen-bond acceptors (Lipinski definition) is 6. The fourth-order valence-corrected chi connectivity index (χ4v) is 3.63. The zero-order valence-corrected chi connectivity index (χ0v) is 16.9. The number of amides is 1. The van der Waals surface area contributed by atoms with Gasteiger partial charge in [-0.05, 0) is 48.9 Å². The predicted octanol–water partition coefficient (Wildman–Crippen LogP) is 3.20. The van der Waals surface area contributed by atoms with E-state index in [0.717, 1.165) is 16.2 Å². The molecule has 8 nitrogen and oxygen atoms in total. The van der Waals surface area contributed by atoms with Gasteiger partial charge in [-0.15, -0.1) is 11.8 Å². The van der Waals surface area contributed by atoms with Crippen LogP contribution in [0.3, 0.4) is 0 Å². The van der Waals surface area contributed by atoms with Crippen LogP contribution < -0.4 is 10.9 Å². The summed E-state index contributed by atoms with van der Waals surface area (Å²) < 4.78 is 1.50. The zero-order chi connectivity index (χ0) is 20.9. The molecule has 1 amide bonds. The van der Waals surface area contributed by atoms with E-state index in [1.807, 2.05) is 42.6 Å². The Morgan fingerprint density at radius 2 is 1.97 bits per heavy atom. The molecule has 3 aromatic heterocycles. The Bertz CT molecular complexity index is 1200. The summed E-state index contributed by atoms with van der Waals surface area (Å²) in [5.74, 6) is 0.997. The van der Waals surface area contributed by atoms with Crippen molar-refractivity contribution in [1.29, 1.82) is 0 Å². The van der Waals surface area contributed by atoms with Crippen molar-refractivity contribution in [3.8, 4) is 5.82 Å². The molecule has 0 fully saturated rings. The third kappa shape index (κ3) is 4.47. The maximum Gasteiger partial charge on any atom is 0.264 e. The van der Waals surface area contributed by atoms with Crippen molar-refractivity contribution in [1.82, 2.24) is 25.0 Å². The number of pyridine rings is 1. The highest BCUT2D eigenvalue weighted by molar-refractivity contribution is 7.98. The molecular formula is C21H18N6O2S. The van der Waals surface area contributed by atoms with Crippen molar-refractivity contribution >= 4 is 23.4 Å². The molecule has 2 N–H and O–H groups in total. The Morgan fingerprint density at radius 1 is 1.13 bits per heavy atom. The van der Waals surface area contributed by atoms with Gasteiger partial charge in [0.05, 0.1) is 17.5 Å². The van der Waals surface area contributed by atoms with Crippen molar-refractivity contribution < 1.29 is 4.79 Å². The van der Waals surface area contributed by atoms with Gasteiger partial charge in [0.1, 0.15) is 0 Å². The van der Waals surface area contributed by atoms with Gasteiger partial charge in [-0.2, -0.15) is 10.2 Å². The summed E-state index contributed by atoms with van der Waals surface area (Å²) >= 11 is 1.70. The van der Waals surface area contributed by atoms with E-state index in [2.05, 4.69) is 25.6 Å². The van der Waals surface area contributed by atoms with Crippen molar-refractivity contribution in [2.24, 2.45) is 0 Å². The highest BCUT2D eigenvalue weighted by Crippen LogP contribution is 2.24. The first kappa shape index (κ1) is 19.6. The minimum absolute atomic E-state index is 0.265. The summed E-state index contributed by atoms with van der Waals surface area (Å²) in [6.45, 7) is 1.77. The number of benzene rings is 1. The van der Waals surface area contributed by atoms with E-state index < -0.39 is 0 Å². The Hall–Kier alpha value is -3.72. The fourth-order valence-electron chi connectivity index (χ4n) is 2.80. The Labute approximate surface area is 176 Å². The lowest BCUT2D eigenvalue weighted by molar-refractivity contribution is 0.102. The molecule has 0 bridgehead atoms. The lowest BCUT2D eigenvalue weighted by atomic mass is 10.2. The van der Waals surface area contributed by atoms with Gasteiger partial charge in [0.2, 0.25) is 0 Å². The summed E-state index contributed by atoms with van der Waals surface area (Å²) in [6, 6.07) is 14.5. The number of anilines is 1. The maximum atomic E-state index is 12.7. The molecular weight excluding hydrogens is 400 g/mol. The van der Waals surface area contributed by atoms with Gasteiger partial charge < -0.3 is 5.32 Å². The van der Waals surface area contributed by atoms with Crippen LogP contribution in [0.15, 0.2) is 76.8 Å². The zero-order valence-electron chi connectivity index (χ0n) is 16.1. The molecule has 4 rings (SSSR count). The predicted molar refractivity (Wildman–Crippen MR) is 115 cm³/mol. The maximum absolute atomic E-state index is 12.7. The standard InChI is InChI=1S/C21H18N6O2S/c1-14-18(12-23-27(14)19-8-9-20(28)26-25-19)21(29)24-16-4-6-17(7-5-16)30-13-15-3-2-10-22-11-15/h2-12H,13H2,1H3,(H,24,29)(H,26,28). The highest BCUT2D eigenvalue weighted by Gasteiger charge is 2.16. The van der Waals surface area contributed by atoms with E-state index in [-0.39, 0.29) is 11.5 Å². The van der Waals surface area contributed by atoms with Crippen LogP contribution in [0.25, 0.3) is 5.82 Å². The van der Waals surface area contributed by atoms with Crippen molar-refractivity contribution in [2.45, 2.75) is 17.6 Å². The minimum Gasteiger partial charge on any atom is -0.322 e. The average Bonchev–Trinajstić information content (AvgIpc) is 3.16. The largest absolute Gasteiger partial charge is 0.322 e. The van der Waals surface area contributed by atoms with Gasteiger partial charge in [-0.1, -0.05) is 6.07 Å². The second kappa shape index (κ2) is 8.75. The number of hydrogen-bond donors (Lipinski definition) is 2. The SMILES string of the molecule is Cc1c(C(=O)Nc2ccc(SCc3cccnc3)cc2)cnn1-c1ccc(=O)[nH]n1. The Kier molecular flexibility index (Phi) is 5.71. The van der Waals surface area contributed by atoms with Crippen molar-refractivity contribution in [3.05, 3.63) is 94.3 Å². The minimum atomic E-state index is -0.302. The molecule has 0 aliphatic rings. The van der Waals surface area contributed by atoms with E-state index >= 15 is 0 Å². The molecule has 30 heavy (non-hydrogen) atoms. The number of carbonyl (C=O) groups excluding carboxylic acids is 1. The number of nitrogens with one attached hydrogen (secondary N) is 2. The second-order valence-corrected chi connectivity index (χ2v) is 7.51. The van der Waals surface area contributed by atoms with Crippen LogP contribution in [0.1, 0.15) is 21.6 Å². The van der Waals surface area contributed by atoms with Crippen LogP contribution in [0.5, 0.6) is 0 Å². The first-order valence-electron chi connectivity index (χ1n) is 9.14. The number of aromatic amines is 1. The third-order valence-corrected chi connectivity index (χ3v) is 5.46. The molecule has 0 spiro atoms. The number of carbonyl (C=O) groups is 1. The summed E-state index contributed by atoms with van der Waals surface area (Å²) in [5.41, 5.74) is 2.60. The average molecular weight is 418 g/mol. The van der Waals surface area contributed by atoms with Crippen LogP contribution in [-0.2, 0) is 5.75 Å². The van der Waals surface area contributed by atoms with Gasteiger partial charge in [-0.3, -0.25) is 14.6 Å². The van der Waals surface area contributed by atoms with Crippen LogP contribution in [0.4, 0.5) is 5.69 Å². The van der Waals surface area contributed by atoms with E-state index in [4.69, 9.17) is 0 Å². The first-order chi connectivity index (χ1) is 14.6. The number of H-pyrrole nitrogens is 1. The lowest BCUT2D eigenvalue weighted by Gasteiger charge is -2.07. The first-order valence-corrected chi connectivity index (χ1v) is 10.1. The fraction of sp³-hybridized carbons (Fsp3) is 0.0952. The lowest BCUT2D eigenvalue weighted by Crippen LogP contribution is -2.14. The highest BCUT2D eigenvalue weighted by atomic mass is 32.2. The van der Waals surface area contributed by atoms with E-state index in [9.17, 15) is 9.59 Å². The molecule has 0 saturated heterocycles. The Balaban J connectivity index is 1.41. The molecule has 0 atom stereocenters. The number of rotatable bonds is 6. The number of thioether (sulfide) groups is 1. The molecule has 4 aromatic rings. The molecule has 9 heteroatoms. The van der Waals surface area contributed by atoms with Gasteiger partial charge in [0.25, 0.3) is 11.5 Å². The molecule has 0 radical (unpaired) electrons. The Morgan fingerprint density at radius 3 is 2.67 bits per heavy atom. The number of aromatic nitrogens is 5. The topological polar surface area (TPSA) is 106 Å². The monoisotopic (exact) mass is 418 g/mol. The summed E-state index contributed by atoms with van der Waals surface area (Å²) in [5, 5.41) is 13.4. The molecule has 0 saturated carbocycles. The van der Waals surface area contributed by atoms with Crippen LogP contribution in [-0.4, -0.2) is 30.9 Å². The molecule has 1 aromatic carbocycles. The van der Waals surface area contributed by atoms with Crippen molar-refractivity contribution in [2.75, 3.05) is 5.32 Å². The van der Waals surface area contributed by atoms with Crippen molar-refractivity contribution in [3.63, 3.8) is 0 Å². The normalized spacial score (nSPS) is 10.7. The smallest absolute Gasteiger partial charge is 0.264 e. The van der Waals surface area contributed by atoms with Gasteiger partial charge in [0, 0.05) is 34.8 Å². The van der Waals surface area contributed by atoms with Crippen LogP contribution in [0, 0.1) is 6.92 Å². The molecule has 0 unspecified atom stereocenters. The quantitative estimate of drug-likeness (QED) is 0.466. The molecule has 3 heterocycles. The summed E-state index contributed by atoms with van der Waals surface area (Å²) in [7, 11) is 0.